The zero-order valence-electron chi connectivity index (χ0n) is 18.7. The van der Waals surface area contributed by atoms with Gasteiger partial charge in [-0.3, -0.25) is 0 Å². The Morgan fingerprint density at radius 1 is 1.13 bits per heavy atom. The van der Waals surface area contributed by atoms with Gasteiger partial charge >= 0.3 is 6.09 Å². The lowest BCUT2D eigenvalue weighted by Crippen LogP contribution is -2.47. The Hall–Kier alpha value is -2.25. The van der Waals surface area contributed by atoms with Gasteiger partial charge in [-0.25, -0.2) is 9.18 Å². The van der Waals surface area contributed by atoms with Crippen LogP contribution in [0.5, 0.6) is 5.75 Å². The molecule has 3 rings (SSSR count). The van der Waals surface area contributed by atoms with E-state index in [-0.39, 0.29) is 0 Å². The first kappa shape index (κ1) is 23.4. The van der Waals surface area contributed by atoms with Gasteiger partial charge in [0.15, 0.2) is 0 Å². The topological polar surface area (TPSA) is 59.0 Å². The van der Waals surface area contributed by atoms with Crippen molar-refractivity contribution in [2.75, 3.05) is 20.2 Å². The second-order valence-corrected chi connectivity index (χ2v) is 9.96. The molecule has 0 atom stereocenters. The number of hydrogen-bond acceptors (Lipinski definition) is 5. The number of nitrogens with zero attached hydrogens (tertiary/aromatic N) is 1. The van der Waals surface area contributed by atoms with Crippen molar-refractivity contribution >= 4 is 17.9 Å². The van der Waals surface area contributed by atoms with Gasteiger partial charge in [-0.2, -0.15) is 0 Å². The van der Waals surface area contributed by atoms with Crippen LogP contribution in [0.1, 0.15) is 44.7 Å². The SMILES string of the molecule is COc1ccc(Sc2ccc(F)cc2C2(O)CCN(C(=O)OC(C)(C)C)CC2)c(C)c1. The molecule has 1 aliphatic heterocycles. The van der Waals surface area contributed by atoms with E-state index in [1.165, 1.54) is 23.9 Å². The van der Waals surface area contributed by atoms with Crippen LogP contribution in [-0.2, 0) is 10.3 Å². The van der Waals surface area contributed by atoms with E-state index in [9.17, 15) is 14.3 Å². The van der Waals surface area contributed by atoms with Gasteiger partial charge in [0.25, 0.3) is 0 Å². The van der Waals surface area contributed by atoms with Crippen molar-refractivity contribution in [2.45, 2.75) is 61.5 Å². The van der Waals surface area contributed by atoms with Crippen LogP contribution in [-0.4, -0.2) is 41.9 Å². The number of hydrogen-bond donors (Lipinski definition) is 1. The molecule has 0 aromatic heterocycles. The fourth-order valence-corrected chi connectivity index (χ4v) is 4.68. The number of ether oxygens (including phenoxy) is 2. The number of amides is 1. The highest BCUT2D eigenvalue weighted by molar-refractivity contribution is 7.99. The molecule has 1 N–H and O–H groups in total. The Labute approximate surface area is 187 Å². The van der Waals surface area contributed by atoms with E-state index >= 15 is 0 Å². The summed E-state index contributed by atoms with van der Waals surface area (Å²) in [7, 11) is 1.62. The fraction of sp³-hybridized carbons (Fsp3) is 0.458. The maximum absolute atomic E-state index is 14.2. The summed E-state index contributed by atoms with van der Waals surface area (Å²) >= 11 is 1.49. The highest BCUT2D eigenvalue weighted by Crippen LogP contribution is 2.42. The normalized spacial score (nSPS) is 16.2. The van der Waals surface area contributed by atoms with Crippen LogP contribution in [0, 0.1) is 12.7 Å². The summed E-state index contributed by atoms with van der Waals surface area (Å²) in [5.41, 5.74) is -0.209. The van der Waals surface area contributed by atoms with Crippen molar-refractivity contribution in [3.63, 3.8) is 0 Å². The number of likely N-dealkylation sites (tertiary alicyclic amines) is 1. The smallest absolute Gasteiger partial charge is 0.410 e. The highest BCUT2D eigenvalue weighted by Gasteiger charge is 2.38. The molecule has 168 valence electrons. The van der Waals surface area contributed by atoms with Crippen LogP contribution in [0.15, 0.2) is 46.2 Å². The molecule has 0 saturated carbocycles. The molecule has 2 aromatic carbocycles. The first-order chi connectivity index (χ1) is 14.5. The van der Waals surface area contributed by atoms with E-state index in [1.807, 2.05) is 45.9 Å². The summed E-state index contributed by atoms with van der Waals surface area (Å²) in [6, 6.07) is 10.3. The maximum atomic E-state index is 14.2. The van der Waals surface area contributed by atoms with E-state index in [4.69, 9.17) is 9.47 Å². The van der Waals surface area contributed by atoms with Crippen LogP contribution in [0.2, 0.25) is 0 Å². The fourth-order valence-electron chi connectivity index (χ4n) is 3.59. The number of methoxy groups -OCH3 is 1. The molecular formula is C24H30FNO4S. The van der Waals surface area contributed by atoms with Crippen molar-refractivity contribution in [1.82, 2.24) is 4.90 Å². The van der Waals surface area contributed by atoms with E-state index in [1.54, 1.807) is 18.1 Å². The largest absolute Gasteiger partial charge is 0.497 e. The van der Waals surface area contributed by atoms with Crippen LogP contribution < -0.4 is 4.74 Å². The number of carbonyl (C=O) groups excluding carboxylic acids is 1. The Bertz CT molecular complexity index is 949. The van der Waals surface area contributed by atoms with E-state index in [0.29, 0.717) is 31.5 Å². The number of rotatable bonds is 4. The summed E-state index contributed by atoms with van der Waals surface area (Å²) in [4.78, 5) is 15.8. The number of benzene rings is 2. The minimum Gasteiger partial charge on any atom is -0.497 e. The van der Waals surface area contributed by atoms with Gasteiger partial charge < -0.3 is 19.5 Å². The molecule has 1 fully saturated rings. The van der Waals surface area contributed by atoms with Gasteiger partial charge in [0.1, 0.15) is 17.2 Å². The molecule has 0 unspecified atom stereocenters. The number of halogens is 1. The summed E-state index contributed by atoms with van der Waals surface area (Å²) < 4.78 is 24.9. The first-order valence-corrected chi connectivity index (χ1v) is 11.2. The van der Waals surface area contributed by atoms with E-state index in [2.05, 4.69) is 0 Å². The van der Waals surface area contributed by atoms with Crippen molar-refractivity contribution in [2.24, 2.45) is 0 Å². The molecule has 0 bridgehead atoms. The maximum Gasteiger partial charge on any atom is 0.410 e. The van der Waals surface area contributed by atoms with Gasteiger partial charge in [0, 0.05) is 28.4 Å². The van der Waals surface area contributed by atoms with Crippen molar-refractivity contribution in [3.05, 3.63) is 53.3 Å². The Morgan fingerprint density at radius 3 is 2.35 bits per heavy atom. The van der Waals surface area contributed by atoms with Gasteiger partial charge in [-0.05, 0) is 82.5 Å². The number of aryl methyl sites for hydroxylation is 1. The second-order valence-electron chi connectivity index (χ2n) is 8.87. The third-order valence-electron chi connectivity index (χ3n) is 5.29. The summed E-state index contributed by atoms with van der Waals surface area (Å²) in [6.45, 7) is 8.14. The van der Waals surface area contributed by atoms with Crippen molar-refractivity contribution in [1.29, 1.82) is 0 Å². The zero-order valence-corrected chi connectivity index (χ0v) is 19.5. The van der Waals surface area contributed by atoms with Crippen molar-refractivity contribution in [3.8, 4) is 5.75 Å². The molecular weight excluding hydrogens is 417 g/mol. The molecule has 2 aromatic rings. The third-order valence-corrected chi connectivity index (χ3v) is 6.54. The van der Waals surface area contributed by atoms with Gasteiger partial charge in [0.2, 0.25) is 0 Å². The van der Waals surface area contributed by atoms with E-state index in [0.717, 1.165) is 21.1 Å². The average Bonchev–Trinajstić information content (AvgIpc) is 2.69. The third kappa shape index (κ3) is 5.71. The lowest BCUT2D eigenvalue weighted by atomic mass is 9.84. The standard InChI is InChI=1S/C24H30FNO4S/c1-16-14-18(29-5)7-9-20(16)31-21-8-6-17(25)15-19(21)24(28)10-12-26(13-11-24)22(27)30-23(2,3)4/h6-9,14-15,28H,10-13H2,1-5H3. The minimum absolute atomic E-state index is 0.310. The zero-order chi connectivity index (χ0) is 22.8. The highest BCUT2D eigenvalue weighted by atomic mass is 32.2. The molecule has 31 heavy (non-hydrogen) atoms. The Morgan fingerprint density at radius 2 is 1.77 bits per heavy atom. The molecule has 0 aliphatic carbocycles. The lowest BCUT2D eigenvalue weighted by molar-refractivity contribution is -0.0373. The predicted octanol–water partition coefficient (Wildman–Crippen LogP) is 5.51. The molecule has 0 spiro atoms. The molecule has 5 nitrogen and oxygen atoms in total. The average molecular weight is 448 g/mol. The molecule has 1 heterocycles. The summed E-state index contributed by atoms with van der Waals surface area (Å²) in [5.74, 6) is 0.378. The lowest BCUT2D eigenvalue weighted by Gasteiger charge is -2.39. The van der Waals surface area contributed by atoms with Gasteiger partial charge in [-0.1, -0.05) is 11.8 Å². The second kappa shape index (κ2) is 9.09. The van der Waals surface area contributed by atoms with Gasteiger partial charge in [0.05, 0.1) is 12.7 Å². The molecule has 7 heteroatoms. The van der Waals surface area contributed by atoms with Crippen LogP contribution in [0.4, 0.5) is 9.18 Å². The molecule has 1 aliphatic rings. The Kier molecular flexibility index (Phi) is 6.86. The number of aliphatic hydroxyl groups is 1. The first-order valence-electron chi connectivity index (χ1n) is 10.3. The molecule has 0 radical (unpaired) electrons. The Balaban J connectivity index is 1.81. The molecule has 1 amide bonds. The minimum atomic E-state index is -1.22. The van der Waals surface area contributed by atoms with Gasteiger partial charge in [-0.15, -0.1) is 0 Å². The summed E-state index contributed by atoms with van der Waals surface area (Å²) in [6.07, 6.45) is 0.229. The number of carbonyl (C=O) groups is 1. The molecule has 1 saturated heterocycles. The predicted molar refractivity (Wildman–Crippen MR) is 119 cm³/mol. The van der Waals surface area contributed by atoms with E-state index < -0.39 is 23.1 Å². The number of piperidine rings is 1. The van der Waals surface area contributed by atoms with Crippen molar-refractivity contribution < 1.29 is 23.8 Å². The van der Waals surface area contributed by atoms with Crippen LogP contribution in [0.3, 0.4) is 0 Å². The quantitative estimate of drug-likeness (QED) is 0.669. The monoisotopic (exact) mass is 447 g/mol. The van der Waals surface area contributed by atoms with Crippen LogP contribution in [0.25, 0.3) is 0 Å². The van der Waals surface area contributed by atoms with Crippen LogP contribution >= 0.6 is 11.8 Å². The summed E-state index contributed by atoms with van der Waals surface area (Å²) in [5, 5.41) is 11.4.